The van der Waals surface area contributed by atoms with Crippen LogP contribution in [0.1, 0.15) is 11.1 Å². The fraction of sp³-hybridized carbons (Fsp3) is 0.803. The summed E-state index contributed by atoms with van der Waals surface area (Å²) in [7, 11) is 6.79. The molecule has 97 heavy (non-hydrogen) atoms. The van der Waals surface area contributed by atoms with E-state index in [2.05, 4.69) is 0 Å². The van der Waals surface area contributed by atoms with Crippen LogP contribution in [0.25, 0.3) is 0 Å². The molecule has 22 heterocycles. The maximum Gasteiger partial charge on any atom is 0.297 e. The van der Waals surface area contributed by atoms with E-state index < -0.39 is 244 Å². The van der Waals surface area contributed by atoms with Crippen LogP contribution < -0.4 is 0 Å². The molecule has 19 fully saturated rings. The SMILES string of the molecule is CO[C@@H]1[C@H](OC)[C@H]2O[C@H]3[C@H](OC)[C@@H](OC)[C@@H](O[C@H]4[C@H](OC)[C@@H](OC)[C@@H](O[C@H]5[C@H](OC)[C@@H](OC)[C@@H](O[C@H]6[C@H](OC)[C@@H](OC)[C@H]7O[C@H]8[C@H](OC)[C@@H](OC)[C@@H](O[C@@H]1[C@@H](CO)O2)O[C@@H]8COS(=O)(=O)c1ccc(cc1)Cc1ccc(cc1)S(=O)(=O)OC[C@H]6O7)O[C@@H]5CO)O[C@@H]4CO)O[C@@H]3CO. The molecule has 0 aromatic heterocycles. The highest BCUT2D eigenvalue weighted by molar-refractivity contribution is 7.87. The Morgan fingerprint density at radius 1 is 0.299 bits per heavy atom. The molecule has 0 unspecified atom stereocenters. The van der Waals surface area contributed by atoms with Gasteiger partial charge in [-0.1, -0.05) is 24.3 Å². The zero-order valence-corrected chi connectivity index (χ0v) is 57.4. The summed E-state index contributed by atoms with van der Waals surface area (Å²) >= 11 is 0. The molecule has 24 rings (SSSR count). The minimum absolute atomic E-state index is 0.232. The molecule has 22 aliphatic heterocycles. The van der Waals surface area contributed by atoms with Gasteiger partial charge in [-0.05, 0) is 41.8 Å². The molecule has 30 atom stereocenters. The van der Waals surface area contributed by atoms with Crippen LogP contribution in [-0.2, 0) is 149 Å². The highest BCUT2D eigenvalue weighted by atomic mass is 32.2. The number of benzene rings is 2. The Morgan fingerprint density at radius 2 is 0.505 bits per heavy atom. The van der Waals surface area contributed by atoms with Gasteiger partial charge in [0.25, 0.3) is 20.2 Å². The van der Waals surface area contributed by atoms with Crippen molar-refractivity contribution in [3.63, 3.8) is 0 Å². The highest BCUT2D eigenvalue weighted by Crippen LogP contribution is 2.42. The van der Waals surface area contributed by atoms with Crippen LogP contribution in [0.4, 0.5) is 0 Å². The first-order valence-electron chi connectivity index (χ1n) is 31.4. The van der Waals surface area contributed by atoms with Gasteiger partial charge in [0.2, 0.25) is 0 Å². The summed E-state index contributed by atoms with van der Waals surface area (Å²) < 4.78 is 223. The first kappa shape index (κ1) is 76.8. The van der Waals surface area contributed by atoms with Crippen molar-refractivity contribution in [3.8, 4) is 0 Å². The Bertz CT molecular complexity index is 2930. The van der Waals surface area contributed by atoms with Crippen molar-refractivity contribution >= 4 is 20.2 Å². The molecule has 0 spiro atoms. The normalized spacial score (nSPS) is 43.5. The van der Waals surface area contributed by atoms with E-state index in [-0.39, 0.29) is 16.2 Å². The smallest absolute Gasteiger partial charge is 0.297 e. The highest BCUT2D eigenvalue weighted by Gasteiger charge is 2.61. The molecule has 2 aromatic rings. The summed E-state index contributed by atoms with van der Waals surface area (Å²) in [4.78, 5) is -0.464. The van der Waals surface area contributed by atoms with Crippen molar-refractivity contribution < 1.29 is 159 Å². The number of methoxy groups -OCH3 is 12. The van der Waals surface area contributed by atoms with Crippen LogP contribution in [0.2, 0.25) is 0 Å². The van der Waals surface area contributed by atoms with E-state index >= 15 is 0 Å². The number of aliphatic hydroxyl groups is 4. The maximum atomic E-state index is 14.4. The zero-order chi connectivity index (χ0) is 69.6. The summed E-state index contributed by atoms with van der Waals surface area (Å²) in [5, 5.41) is 44.8. The van der Waals surface area contributed by atoms with E-state index in [1.54, 1.807) is 24.3 Å². The minimum Gasteiger partial charge on any atom is -0.394 e. The number of aliphatic hydroxyl groups excluding tert-OH is 4. The second-order valence-corrected chi connectivity index (χ2v) is 27.2. The van der Waals surface area contributed by atoms with E-state index in [0.29, 0.717) is 11.1 Å². The molecule has 0 saturated carbocycles. The van der Waals surface area contributed by atoms with Crippen molar-refractivity contribution in [2.24, 2.45) is 0 Å². The molecule has 0 aliphatic carbocycles. The average molecular weight is 1430 g/mol. The first-order valence-corrected chi connectivity index (χ1v) is 34.3. The molecule has 552 valence electrons. The summed E-state index contributed by atoms with van der Waals surface area (Å²) in [5.41, 5.74) is 1.33. The molecule has 22 aliphatic rings. The third-order valence-corrected chi connectivity index (χ3v) is 21.5. The summed E-state index contributed by atoms with van der Waals surface area (Å²) in [5.74, 6) is 0. The van der Waals surface area contributed by atoms with Crippen molar-refractivity contribution in [3.05, 3.63) is 59.7 Å². The topological polar surface area (TPSA) is 389 Å². The molecule has 0 amide bonds. The van der Waals surface area contributed by atoms with Gasteiger partial charge in [-0.25, -0.2) is 0 Å². The van der Waals surface area contributed by atoms with Gasteiger partial charge < -0.3 is 134 Å². The Hall–Kier alpha value is -2.86. The van der Waals surface area contributed by atoms with Crippen molar-refractivity contribution in [2.45, 2.75) is 200 Å². The number of ether oxygens (including phenoxy) is 24. The van der Waals surface area contributed by atoms with Gasteiger partial charge in [0.1, 0.15) is 146 Å². The van der Waals surface area contributed by atoms with Gasteiger partial charge in [0, 0.05) is 85.3 Å². The van der Waals surface area contributed by atoms with Crippen molar-refractivity contribution in [1.29, 1.82) is 0 Å². The maximum absolute atomic E-state index is 14.4. The van der Waals surface area contributed by atoms with Crippen LogP contribution in [0.5, 0.6) is 0 Å². The lowest BCUT2D eigenvalue weighted by molar-refractivity contribution is -0.409. The van der Waals surface area contributed by atoms with Gasteiger partial charge in [-0.2, -0.15) is 16.8 Å². The molecular formula is C61H92O34S2. The predicted molar refractivity (Wildman–Crippen MR) is 321 cm³/mol. The second kappa shape index (κ2) is 34.2. The van der Waals surface area contributed by atoms with Crippen LogP contribution >= 0.6 is 0 Å². The zero-order valence-electron chi connectivity index (χ0n) is 55.7. The fourth-order valence-corrected chi connectivity index (χ4v) is 15.9. The fourth-order valence-electron chi connectivity index (χ4n) is 14.0. The third kappa shape index (κ3) is 15.8. The monoisotopic (exact) mass is 1430 g/mol. The number of hydrogen-bond donors (Lipinski definition) is 4. The minimum atomic E-state index is -4.64. The van der Waals surface area contributed by atoms with Crippen LogP contribution in [0.15, 0.2) is 58.3 Å². The van der Waals surface area contributed by atoms with Crippen LogP contribution in [0, 0.1) is 0 Å². The van der Waals surface area contributed by atoms with Crippen LogP contribution in [-0.4, -0.2) is 346 Å². The molecule has 36 heteroatoms. The van der Waals surface area contributed by atoms with E-state index in [1.807, 2.05) is 0 Å². The Labute approximate surface area is 562 Å². The molecule has 19 saturated heterocycles. The Balaban J connectivity index is 1.11. The standard InChI is InChI=1S/C61H92O34S2/c1-70-44-38-32(22-62)85-57(51(44)77-8)92-40-34(24-64)87-59(53(79-10)46(40)72-3)94-42-36-26-82-96(66,67)30-17-13-28(14-18-30)21-29-15-19-31(20-16-29)97(68,69)83-27-37-43(95-61(89-36)55(81-12)48(42)74-5)49(75-6)54(80-11)60(88-37)93-41-35(25-65)86-58(52(78-9)47(41)73-4)91-39-33(23-63)84-56(90-38)50(76-7)45(39)71-2/h13-20,32-65H,21-27H2,1-12H3/t32-,33-,34-,35-,36-,37-,38-,39-,40-,41-,42-,43-,44+,45+,46+,47+,48+,49+,50-,51-,52+,53-,54-,55-,56-,57-,58-,59-,60-,61-/m1/s1. The van der Waals surface area contributed by atoms with E-state index in [1.165, 1.54) is 110 Å². The number of hydrogen-bond acceptors (Lipinski definition) is 34. The van der Waals surface area contributed by atoms with Gasteiger partial charge in [-0.3, -0.25) is 8.37 Å². The van der Waals surface area contributed by atoms with Crippen molar-refractivity contribution in [1.82, 2.24) is 0 Å². The quantitative estimate of drug-likeness (QED) is 0.126. The lowest BCUT2D eigenvalue weighted by Gasteiger charge is -2.53. The Kier molecular flexibility index (Phi) is 27.0. The Morgan fingerprint density at radius 3 is 0.722 bits per heavy atom. The third-order valence-electron chi connectivity index (χ3n) is 18.9. The van der Waals surface area contributed by atoms with E-state index in [9.17, 15) is 37.3 Å². The molecule has 34 nitrogen and oxygen atoms in total. The average Bonchev–Trinajstić information content (AvgIpc) is 0.846. The lowest BCUT2D eigenvalue weighted by Crippen LogP contribution is -2.70. The summed E-state index contributed by atoms with van der Waals surface area (Å²) in [6.45, 7) is -4.57. The molecule has 2 aromatic carbocycles. The summed E-state index contributed by atoms with van der Waals surface area (Å²) in [6.07, 6.45) is -40.7. The number of fused-ring (bicyclic) bond motifs is 2. The predicted octanol–water partition coefficient (Wildman–Crippen LogP) is -2.48. The second-order valence-electron chi connectivity index (χ2n) is 23.9. The number of rotatable bonds is 16. The van der Waals surface area contributed by atoms with Crippen molar-refractivity contribution in [2.75, 3.05) is 125 Å². The van der Waals surface area contributed by atoms with E-state index in [0.717, 1.165) is 0 Å². The molecular weight excluding hydrogens is 1340 g/mol. The van der Waals surface area contributed by atoms with Gasteiger partial charge in [-0.15, -0.1) is 0 Å². The molecule has 4 N–H and O–H groups in total. The lowest BCUT2D eigenvalue weighted by atomic mass is 9.94. The van der Waals surface area contributed by atoms with Crippen LogP contribution in [0.3, 0.4) is 0 Å². The van der Waals surface area contributed by atoms with E-state index in [4.69, 9.17) is 122 Å². The largest absolute Gasteiger partial charge is 0.394 e. The van der Waals surface area contributed by atoms with Gasteiger partial charge in [0.15, 0.2) is 37.7 Å². The molecule has 0 radical (unpaired) electrons. The van der Waals surface area contributed by atoms with Gasteiger partial charge in [0.05, 0.1) is 49.4 Å². The first-order chi connectivity index (χ1) is 46.8. The molecule has 18 bridgehead atoms. The van der Waals surface area contributed by atoms with Gasteiger partial charge >= 0.3 is 0 Å². The summed E-state index contributed by atoms with van der Waals surface area (Å²) in [6, 6.07) is 11.8.